The third kappa shape index (κ3) is 3.10. The maximum atomic E-state index is 12.5. The summed E-state index contributed by atoms with van der Waals surface area (Å²) < 4.78 is 51.9. The molecule has 1 N–H and O–H groups in total. The number of imidazole rings is 1. The van der Waals surface area contributed by atoms with E-state index in [1.54, 1.807) is 6.33 Å². The van der Waals surface area contributed by atoms with Gasteiger partial charge in [0.25, 0.3) is 10.2 Å². The number of rotatable bonds is 4. The predicted octanol–water partition coefficient (Wildman–Crippen LogP) is -1.19. The van der Waals surface area contributed by atoms with Gasteiger partial charge in [0.05, 0.1) is 29.6 Å². The molecule has 1 aromatic rings. The zero-order valence-electron chi connectivity index (χ0n) is 14.0. The molecule has 0 saturated carbocycles. The summed E-state index contributed by atoms with van der Waals surface area (Å²) in [7, 11) is -3.98. The van der Waals surface area contributed by atoms with E-state index < -0.39 is 26.1 Å². The average Bonchev–Trinajstić information content (AvgIpc) is 3.01. The maximum absolute atomic E-state index is 12.5. The van der Waals surface area contributed by atoms with E-state index in [4.69, 9.17) is 0 Å². The van der Waals surface area contributed by atoms with Crippen LogP contribution in [0.1, 0.15) is 11.4 Å². The van der Waals surface area contributed by atoms with Crippen molar-refractivity contribution in [3.8, 4) is 0 Å². The van der Waals surface area contributed by atoms with Crippen LogP contribution < -0.4 is 0 Å². The van der Waals surface area contributed by atoms with Gasteiger partial charge in [0, 0.05) is 45.5 Å². The molecule has 3 rings (SSSR count). The maximum Gasteiger partial charge on any atom is 0.281 e. The van der Waals surface area contributed by atoms with Crippen LogP contribution in [0.2, 0.25) is 0 Å². The van der Waals surface area contributed by atoms with Crippen molar-refractivity contribution in [3.05, 3.63) is 17.7 Å². The van der Waals surface area contributed by atoms with Gasteiger partial charge in [-0.2, -0.15) is 17.0 Å². The van der Waals surface area contributed by atoms with E-state index >= 15 is 0 Å². The summed E-state index contributed by atoms with van der Waals surface area (Å²) in [5.41, 5.74) is 1.80. The molecule has 2 aliphatic heterocycles. The Kier molecular flexibility index (Phi) is 4.49. The summed E-state index contributed by atoms with van der Waals surface area (Å²) in [5.74, 6) is -0.138. The minimum absolute atomic E-state index is 0.0133. The number of aryl methyl sites for hydroxylation is 1. The molecule has 136 valence electrons. The van der Waals surface area contributed by atoms with E-state index in [9.17, 15) is 16.8 Å². The molecule has 2 aliphatic rings. The summed E-state index contributed by atoms with van der Waals surface area (Å²) >= 11 is 0. The van der Waals surface area contributed by atoms with E-state index in [1.807, 2.05) is 11.8 Å². The highest BCUT2D eigenvalue weighted by Gasteiger charge is 2.50. The SMILES string of the molecule is Cc1[nH]cnc1CN1CCN(S(=O)(=O)N(C)C)[C@H]2CS(=O)(=O)C[C@H]21. The second-order valence-corrected chi connectivity index (χ2v) is 10.8. The number of nitrogens with zero attached hydrogens (tertiary/aromatic N) is 4. The van der Waals surface area contributed by atoms with Gasteiger partial charge >= 0.3 is 0 Å². The first kappa shape index (κ1) is 17.8. The fraction of sp³-hybridized carbons (Fsp3) is 0.769. The number of aromatic amines is 1. The van der Waals surface area contributed by atoms with Crippen LogP contribution in [0, 0.1) is 6.92 Å². The van der Waals surface area contributed by atoms with Gasteiger partial charge in [-0.05, 0) is 6.92 Å². The lowest BCUT2D eigenvalue weighted by Gasteiger charge is -2.43. The summed E-state index contributed by atoms with van der Waals surface area (Å²) in [6.07, 6.45) is 1.61. The van der Waals surface area contributed by atoms with Gasteiger partial charge in [0.2, 0.25) is 0 Å². The summed E-state index contributed by atoms with van der Waals surface area (Å²) in [5, 5.41) is 0. The van der Waals surface area contributed by atoms with E-state index in [2.05, 4.69) is 9.97 Å². The number of piperazine rings is 1. The molecule has 0 aliphatic carbocycles. The smallest absolute Gasteiger partial charge is 0.281 e. The molecule has 0 bridgehead atoms. The van der Waals surface area contributed by atoms with Crippen molar-refractivity contribution >= 4 is 20.0 Å². The Morgan fingerprint density at radius 1 is 1.29 bits per heavy atom. The third-order valence-electron chi connectivity index (χ3n) is 4.79. The van der Waals surface area contributed by atoms with Gasteiger partial charge in [-0.25, -0.2) is 13.4 Å². The summed E-state index contributed by atoms with van der Waals surface area (Å²) in [6, 6.07) is -0.884. The fourth-order valence-electron chi connectivity index (χ4n) is 3.42. The number of hydrogen-bond donors (Lipinski definition) is 1. The van der Waals surface area contributed by atoms with Crippen molar-refractivity contribution in [3.63, 3.8) is 0 Å². The number of H-pyrrole nitrogens is 1. The molecule has 0 unspecified atom stereocenters. The predicted molar refractivity (Wildman–Crippen MR) is 89.3 cm³/mol. The second kappa shape index (κ2) is 6.06. The van der Waals surface area contributed by atoms with Gasteiger partial charge in [0.1, 0.15) is 0 Å². The average molecular weight is 377 g/mol. The van der Waals surface area contributed by atoms with Crippen LogP contribution in [0.15, 0.2) is 6.33 Å². The standard InChI is InChI=1S/C13H23N5O4S2/c1-10-11(15-9-14-10)6-17-4-5-18(24(21,22)16(2)3)13-8-23(19,20)7-12(13)17/h9,12-13H,4-8H2,1-3H3,(H,14,15)/t12-,13+/m1/s1. The van der Waals surface area contributed by atoms with Gasteiger partial charge in [0.15, 0.2) is 9.84 Å². The highest BCUT2D eigenvalue weighted by atomic mass is 32.2. The summed E-state index contributed by atoms with van der Waals surface area (Å²) in [4.78, 5) is 9.32. The van der Waals surface area contributed by atoms with Crippen LogP contribution in [-0.4, -0.2) is 91.1 Å². The summed E-state index contributed by atoms with van der Waals surface area (Å²) in [6.45, 7) is 3.19. The first-order valence-corrected chi connectivity index (χ1v) is 11.0. The van der Waals surface area contributed by atoms with Crippen LogP contribution in [0.3, 0.4) is 0 Å². The highest BCUT2D eigenvalue weighted by molar-refractivity contribution is 7.92. The Balaban J connectivity index is 1.89. The molecular formula is C13H23N5O4S2. The molecule has 0 spiro atoms. The lowest BCUT2D eigenvalue weighted by molar-refractivity contribution is 0.0849. The number of fused-ring (bicyclic) bond motifs is 1. The van der Waals surface area contributed by atoms with Crippen LogP contribution in [-0.2, 0) is 26.6 Å². The van der Waals surface area contributed by atoms with E-state index in [0.29, 0.717) is 13.1 Å². The molecule has 0 amide bonds. The second-order valence-electron chi connectivity index (χ2n) is 6.56. The number of aromatic nitrogens is 2. The van der Waals surface area contributed by atoms with E-state index in [0.717, 1.165) is 15.7 Å². The molecule has 2 saturated heterocycles. The van der Waals surface area contributed by atoms with Crippen molar-refractivity contribution in [2.75, 3.05) is 38.7 Å². The third-order valence-corrected chi connectivity index (χ3v) is 8.45. The van der Waals surface area contributed by atoms with Crippen molar-refractivity contribution in [1.82, 2.24) is 23.5 Å². The van der Waals surface area contributed by atoms with Gasteiger partial charge in [-0.15, -0.1) is 0 Å². The van der Waals surface area contributed by atoms with E-state index in [-0.39, 0.29) is 24.1 Å². The molecule has 11 heteroatoms. The molecule has 0 aromatic carbocycles. The van der Waals surface area contributed by atoms with Gasteiger partial charge in [-0.1, -0.05) is 0 Å². The number of hydrogen-bond acceptors (Lipinski definition) is 6. The number of sulfone groups is 1. The van der Waals surface area contributed by atoms with Crippen LogP contribution in [0.4, 0.5) is 0 Å². The minimum atomic E-state index is -3.64. The number of nitrogens with one attached hydrogen (secondary N) is 1. The highest BCUT2D eigenvalue weighted by Crippen LogP contribution is 2.30. The Morgan fingerprint density at radius 3 is 2.54 bits per heavy atom. The molecule has 1 aromatic heterocycles. The zero-order chi connectivity index (χ0) is 17.7. The van der Waals surface area contributed by atoms with Crippen molar-refractivity contribution in [2.45, 2.75) is 25.6 Å². The molecular weight excluding hydrogens is 354 g/mol. The molecule has 2 fully saturated rings. The molecule has 2 atom stereocenters. The molecule has 24 heavy (non-hydrogen) atoms. The Hall–Kier alpha value is -1.01. The lowest BCUT2D eigenvalue weighted by Crippen LogP contribution is -2.61. The topological polar surface area (TPSA) is 107 Å². The van der Waals surface area contributed by atoms with Crippen LogP contribution >= 0.6 is 0 Å². The first-order chi connectivity index (χ1) is 11.1. The molecule has 3 heterocycles. The van der Waals surface area contributed by atoms with Gasteiger partial charge in [-0.3, -0.25) is 4.90 Å². The largest absolute Gasteiger partial charge is 0.348 e. The zero-order valence-corrected chi connectivity index (χ0v) is 15.6. The Labute approximate surface area is 142 Å². The van der Waals surface area contributed by atoms with Crippen molar-refractivity contribution in [2.24, 2.45) is 0 Å². The fourth-order valence-corrected chi connectivity index (χ4v) is 6.82. The minimum Gasteiger partial charge on any atom is -0.348 e. The Morgan fingerprint density at radius 2 is 1.96 bits per heavy atom. The molecule has 9 nitrogen and oxygen atoms in total. The van der Waals surface area contributed by atoms with Gasteiger partial charge < -0.3 is 4.98 Å². The van der Waals surface area contributed by atoms with Crippen molar-refractivity contribution < 1.29 is 16.8 Å². The first-order valence-electron chi connectivity index (χ1n) is 7.74. The molecule has 0 radical (unpaired) electrons. The normalized spacial score (nSPS) is 28.3. The van der Waals surface area contributed by atoms with Crippen LogP contribution in [0.5, 0.6) is 0 Å². The van der Waals surface area contributed by atoms with E-state index in [1.165, 1.54) is 18.4 Å². The van der Waals surface area contributed by atoms with Crippen LogP contribution in [0.25, 0.3) is 0 Å². The quantitative estimate of drug-likeness (QED) is 0.707. The Bertz CT molecular complexity index is 817. The van der Waals surface area contributed by atoms with Crippen molar-refractivity contribution in [1.29, 1.82) is 0 Å². The monoisotopic (exact) mass is 377 g/mol. The lowest BCUT2D eigenvalue weighted by atomic mass is 10.1.